The quantitative estimate of drug-likeness (QED) is 0.637. The molecule has 0 bridgehead atoms. The molecule has 3 aromatic rings. The Balaban J connectivity index is 1.72. The van der Waals surface area contributed by atoms with Gasteiger partial charge in [-0.25, -0.2) is 4.98 Å². The molecular weight excluding hydrogens is 340 g/mol. The Morgan fingerprint density at radius 2 is 1.67 bits per heavy atom. The largest absolute Gasteiger partial charge is 0.497 e. The van der Waals surface area contributed by atoms with Crippen LogP contribution in [-0.2, 0) is 11.3 Å². The predicted octanol–water partition coefficient (Wildman–Crippen LogP) is 4.01. The number of methoxy groups -OCH3 is 1. The number of hydrogen-bond donors (Lipinski definition) is 0. The number of anilines is 1. The molecule has 2 aromatic carbocycles. The summed E-state index contributed by atoms with van der Waals surface area (Å²) in [6.45, 7) is 2.39. The number of carbonyl (C=O) groups is 1. The molecule has 0 radical (unpaired) electrons. The third kappa shape index (κ3) is 5.07. The van der Waals surface area contributed by atoms with Gasteiger partial charge >= 0.3 is 0 Å². The average molecular weight is 362 g/mol. The van der Waals surface area contributed by atoms with E-state index in [1.165, 1.54) is 5.56 Å². The van der Waals surface area contributed by atoms with Gasteiger partial charge in [0.25, 0.3) is 5.91 Å². The number of benzene rings is 2. The Bertz CT molecular complexity index is 862. The summed E-state index contributed by atoms with van der Waals surface area (Å²) < 4.78 is 10.8. The van der Waals surface area contributed by atoms with Crippen molar-refractivity contribution in [1.29, 1.82) is 0 Å². The van der Waals surface area contributed by atoms with Crippen LogP contribution in [0.1, 0.15) is 11.1 Å². The van der Waals surface area contributed by atoms with E-state index in [9.17, 15) is 4.79 Å². The molecule has 0 unspecified atom stereocenters. The molecule has 5 heteroatoms. The highest BCUT2D eigenvalue weighted by Crippen LogP contribution is 2.19. The van der Waals surface area contributed by atoms with Crippen molar-refractivity contribution < 1.29 is 14.3 Å². The summed E-state index contributed by atoms with van der Waals surface area (Å²) in [5.74, 6) is 1.79. The molecule has 0 saturated heterocycles. The molecule has 1 aromatic heterocycles. The highest BCUT2D eigenvalue weighted by molar-refractivity contribution is 5.93. The summed E-state index contributed by atoms with van der Waals surface area (Å²) in [6.07, 6.45) is 1.68. The number of aromatic nitrogens is 1. The van der Waals surface area contributed by atoms with Crippen LogP contribution in [0.5, 0.6) is 11.5 Å². The molecule has 0 saturated carbocycles. The molecule has 1 amide bonds. The van der Waals surface area contributed by atoms with Gasteiger partial charge in [-0.05, 0) is 48.9 Å². The van der Waals surface area contributed by atoms with E-state index in [0.717, 1.165) is 11.3 Å². The van der Waals surface area contributed by atoms with Gasteiger partial charge in [-0.3, -0.25) is 9.69 Å². The molecular formula is C22H22N2O3. The maximum absolute atomic E-state index is 12.8. The van der Waals surface area contributed by atoms with E-state index >= 15 is 0 Å². The normalized spacial score (nSPS) is 10.3. The topological polar surface area (TPSA) is 51.7 Å². The summed E-state index contributed by atoms with van der Waals surface area (Å²) >= 11 is 0. The Morgan fingerprint density at radius 3 is 2.30 bits per heavy atom. The van der Waals surface area contributed by atoms with Crippen LogP contribution < -0.4 is 14.4 Å². The van der Waals surface area contributed by atoms with Crippen molar-refractivity contribution in [2.45, 2.75) is 13.5 Å². The van der Waals surface area contributed by atoms with Gasteiger partial charge in [0.1, 0.15) is 17.3 Å². The Kier molecular flexibility index (Phi) is 6.05. The van der Waals surface area contributed by atoms with Crippen LogP contribution in [0.15, 0.2) is 72.9 Å². The summed E-state index contributed by atoms with van der Waals surface area (Å²) in [4.78, 5) is 18.8. The highest BCUT2D eigenvalue weighted by Gasteiger charge is 2.18. The number of rotatable bonds is 7. The predicted molar refractivity (Wildman–Crippen MR) is 105 cm³/mol. The first-order valence-corrected chi connectivity index (χ1v) is 8.69. The van der Waals surface area contributed by atoms with Gasteiger partial charge in [-0.2, -0.15) is 0 Å². The van der Waals surface area contributed by atoms with Crippen molar-refractivity contribution in [2.75, 3.05) is 18.6 Å². The van der Waals surface area contributed by atoms with E-state index in [4.69, 9.17) is 9.47 Å². The van der Waals surface area contributed by atoms with Gasteiger partial charge in [0.15, 0.2) is 6.61 Å². The lowest BCUT2D eigenvalue weighted by atomic mass is 10.1. The van der Waals surface area contributed by atoms with Gasteiger partial charge in [-0.1, -0.05) is 35.9 Å². The first-order valence-electron chi connectivity index (χ1n) is 8.69. The minimum atomic E-state index is -0.162. The molecule has 0 fully saturated rings. The lowest BCUT2D eigenvalue weighted by molar-refractivity contribution is -0.120. The van der Waals surface area contributed by atoms with Gasteiger partial charge in [0, 0.05) is 6.20 Å². The van der Waals surface area contributed by atoms with Crippen molar-refractivity contribution >= 4 is 11.7 Å². The number of ether oxygens (including phenoxy) is 2. The van der Waals surface area contributed by atoms with Crippen LogP contribution >= 0.6 is 0 Å². The minimum Gasteiger partial charge on any atom is -0.497 e. The van der Waals surface area contributed by atoms with Gasteiger partial charge < -0.3 is 9.47 Å². The molecule has 5 nitrogen and oxygen atoms in total. The first-order chi connectivity index (χ1) is 13.2. The SMILES string of the molecule is COc1ccc(OCC(=O)N(Cc2ccc(C)cc2)c2ccccn2)cc1. The molecule has 3 rings (SSSR count). The third-order valence-corrected chi connectivity index (χ3v) is 4.11. The smallest absolute Gasteiger partial charge is 0.266 e. The number of nitrogens with zero attached hydrogens (tertiary/aromatic N) is 2. The summed E-state index contributed by atoms with van der Waals surface area (Å²) in [5, 5.41) is 0. The van der Waals surface area contributed by atoms with E-state index in [0.29, 0.717) is 18.1 Å². The first kappa shape index (κ1) is 18.5. The zero-order valence-corrected chi connectivity index (χ0v) is 15.5. The van der Waals surface area contributed by atoms with Crippen molar-refractivity contribution in [2.24, 2.45) is 0 Å². The van der Waals surface area contributed by atoms with E-state index in [1.54, 1.807) is 42.5 Å². The van der Waals surface area contributed by atoms with E-state index in [1.807, 2.05) is 49.4 Å². The number of aryl methyl sites for hydroxylation is 1. The zero-order valence-electron chi connectivity index (χ0n) is 15.5. The monoisotopic (exact) mass is 362 g/mol. The second kappa shape index (κ2) is 8.85. The molecule has 27 heavy (non-hydrogen) atoms. The van der Waals surface area contributed by atoms with E-state index in [-0.39, 0.29) is 12.5 Å². The molecule has 0 aliphatic rings. The van der Waals surface area contributed by atoms with Crippen LogP contribution in [0.25, 0.3) is 0 Å². The number of carbonyl (C=O) groups excluding carboxylic acids is 1. The molecule has 0 aliphatic carbocycles. The fraction of sp³-hybridized carbons (Fsp3) is 0.182. The van der Waals surface area contributed by atoms with Crippen molar-refractivity contribution in [1.82, 2.24) is 4.98 Å². The fourth-order valence-corrected chi connectivity index (χ4v) is 2.58. The standard InChI is InChI=1S/C22H22N2O3/c1-17-6-8-18(9-7-17)15-24(21-5-3-4-14-23-21)22(25)16-27-20-12-10-19(26-2)11-13-20/h3-14H,15-16H2,1-2H3. The minimum absolute atomic E-state index is 0.0746. The molecule has 0 spiro atoms. The van der Waals surface area contributed by atoms with Crippen LogP contribution in [0.2, 0.25) is 0 Å². The lowest BCUT2D eigenvalue weighted by Crippen LogP contribution is -2.35. The average Bonchev–Trinajstić information content (AvgIpc) is 2.72. The summed E-state index contributed by atoms with van der Waals surface area (Å²) in [7, 11) is 1.61. The van der Waals surface area contributed by atoms with Crippen LogP contribution in [0, 0.1) is 6.92 Å². The molecule has 0 atom stereocenters. The fourth-order valence-electron chi connectivity index (χ4n) is 2.58. The second-order valence-electron chi connectivity index (χ2n) is 6.12. The van der Waals surface area contributed by atoms with Crippen LogP contribution in [-0.4, -0.2) is 24.6 Å². The van der Waals surface area contributed by atoms with Crippen molar-refractivity contribution in [3.8, 4) is 11.5 Å². The van der Waals surface area contributed by atoms with E-state index < -0.39 is 0 Å². The maximum Gasteiger partial charge on any atom is 0.266 e. The third-order valence-electron chi connectivity index (χ3n) is 4.11. The van der Waals surface area contributed by atoms with Crippen LogP contribution in [0.3, 0.4) is 0 Å². The van der Waals surface area contributed by atoms with Gasteiger partial charge in [0.2, 0.25) is 0 Å². The van der Waals surface area contributed by atoms with Crippen LogP contribution in [0.4, 0.5) is 5.82 Å². The number of pyridine rings is 1. The highest BCUT2D eigenvalue weighted by atomic mass is 16.5. The van der Waals surface area contributed by atoms with Crippen molar-refractivity contribution in [3.05, 3.63) is 84.1 Å². The molecule has 138 valence electrons. The summed E-state index contributed by atoms with van der Waals surface area (Å²) in [6, 6.07) is 20.7. The molecule has 0 aliphatic heterocycles. The maximum atomic E-state index is 12.8. The Hall–Kier alpha value is -3.34. The Labute approximate surface area is 159 Å². The van der Waals surface area contributed by atoms with E-state index in [2.05, 4.69) is 4.98 Å². The summed E-state index contributed by atoms with van der Waals surface area (Å²) in [5.41, 5.74) is 2.21. The number of hydrogen-bond acceptors (Lipinski definition) is 4. The lowest BCUT2D eigenvalue weighted by Gasteiger charge is -2.22. The molecule has 0 N–H and O–H groups in total. The zero-order chi connectivity index (χ0) is 19.1. The van der Waals surface area contributed by atoms with Gasteiger partial charge in [0.05, 0.1) is 13.7 Å². The second-order valence-corrected chi connectivity index (χ2v) is 6.12. The number of amides is 1. The molecule has 1 heterocycles. The van der Waals surface area contributed by atoms with Gasteiger partial charge in [-0.15, -0.1) is 0 Å². The van der Waals surface area contributed by atoms with Crippen molar-refractivity contribution in [3.63, 3.8) is 0 Å². The Morgan fingerprint density at radius 1 is 0.963 bits per heavy atom.